The van der Waals surface area contributed by atoms with Gasteiger partial charge in [-0.2, -0.15) is 0 Å². The lowest BCUT2D eigenvalue weighted by molar-refractivity contribution is 0.373. The van der Waals surface area contributed by atoms with Crippen molar-refractivity contribution >= 4 is 5.96 Å². The number of nitrogens with two attached hydrogens (primary N) is 1. The predicted octanol–water partition coefficient (Wildman–Crippen LogP) is 2.14. The molecule has 0 saturated heterocycles. The molecule has 0 bridgehead atoms. The van der Waals surface area contributed by atoms with Crippen molar-refractivity contribution in [3.8, 4) is 11.5 Å². The molecule has 1 fully saturated rings. The number of guanidine groups is 1. The Morgan fingerprint density at radius 1 is 1.40 bits per heavy atom. The van der Waals surface area contributed by atoms with Gasteiger partial charge in [0.05, 0.1) is 13.7 Å². The van der Waals surface area contributed by atoms with Crippen LogP contribution in [0.5, 0.6) is 11.5 Å². The molecule has 1 aliphatic rings. The Morgan fingerprint density at radius 2 is 2.15 bits per heavy atom. The van der Waals surface area contributed by atoms with E-state index in [-0.39, 0.29) is 5.75 Å². The number of methoxy groups -OCH3 is 1. The van der Waals surface area contributed by atoms with E-state index in [1.807, 2.05) is 6.07 Å². The van der Waals surface area contributed by atoms with Crippen molar-refractivity contribution in [2.45, 2.75) is 44.7 Å². The minimum absolute atomic E-state index is 0.124. The van der Waals surface area contributed by atoms with Crippen molar-refractivity contribution in [2.24, 2.45) is 10.7 Å². The van der Waals surface area contributed by atoms with E-state index in [4.69, 9.17) is 10.5 Å². The molecule has 0 aromatic heterocycles. The van der Waals surface area contributed by atoms with E-state index in [2.05, 4.69) is 10.3 Å². The second kappa shape index (κ2) is 7.03. The fraction of sp³-hybridized carbons (Fsp3) is 0.533. The second-order valence-corrected chi connectivity index (χ2v) is 5.19. The maximum absolute atomic E-state index is 9.70. The van der Waals surface area contributed by atoms with Gasteiger partial charge in [0.25, 0.3) is 0 Å². The van der Waals surface area contributed by atoms with Crippen LogP contribution in [-0.4, -0.2) is 24.2 Å². The Balaban J connectivity index is 1.89. The molecule has 1 aromatic rings. The van der Waals surface area contributed by atoms with Crippen molar-refractivity contribution in [1.29, 1.82) is 0 Å². The van der Waals surface area contributed by atoms with E-state index in [9.17, 15) is 5.11 Å². The number of benzene rings is 1. The van der Waals surface area contributed by atoms with Crippen LogP contribution in [-0.2, 0) is 6.54 Å². The van der Waals surface area contributed by atoms with Gasteiger partial charge in [-0.3, -0.25) is 0 Å². The molecule has 0 heterocycles. The van der Waals surface area contributed by atoms with Gasteiger partial charge >= 0.3 is 0 Å². The third-order valence-corrected chi connectivity index (χ3v) is 3.63. The highest BCUT2D eigenvalue weighted by Crippen LogP contribution is 2.26. The van der Waals surface area contributed by atoms with E-state index < -0.39 is 0 Å². The minimum atomic E-state index is 0.124. The molecule has 1 aliphatic carbocycles. The Kier molecular flexibility index (Phi) is 5.09. The average Bonchev–Trinajstić information content (AvgIpc) is 2.46. The molecule has 1 aromatic carbocycles. The first-order valence-corrected chi connectivity index (χ1v) is 7.11. The van der Waals surface area contributed by atoms with Crippen molar-refractivity contribution in [3.63, 3.8) is 0 Å². The SMILES string of the molecule is COc1ccc(CN=C(N)NC2CCCCC2)cc1O. The zero-order valence-corrected chi connectivity index (χ0v) is 11.9. The summed E-state index contributed by atoms with van der Waals surface area (Å²) in [5.74, 6) is 1.07. The summed E-state index contributed by atoms with van der Waals surface area (Å²) < 4.78 is 5.00. The van der Waals surface area contributed by atoms with Gasteiger partial charge in [0.15, 0.2) is 17.5 Å². The Labute approximate surface area is 119 Å². The van der Waals surface area contributed by atoms with E-state index in [1.165, 1.54) is 39.2 Å². The van der Waals surface area contributed by atoms with Gasteiger partial charge in [0.2, 0.25) is 0 Å². The summed E-state index contributed by atoms with van der Waals surface area (Å²) in [5.41, 5.74) is 6.80. The standard InChI is InChI=1S/C15H23N3O2/c1-20-14-8-7-11(9-13(14)19)10-17-15(16)18-12-5-3-2-4-6-12/h7-9,12,19H,2-6,10H2,1H3,(H3,16,17,18). The highest BCUT2D eigenvalue weighted by Gasteiger charge is 2.13. The third-order valence-electron chi connectivity index (χ3n) is 3.63. The van der Waals surface area contributed by atoms with Gasteiger partial charge in [0.1, 0.15) is 0 Å². The molecule has 5 nitrogen and oxygen atoms in total. The van der Waals surface area contributed by atoms with Crippen LogP contribution in [0.4, 0.5) is 0 Å². The number of phenolic OH excluding ortho intramolecular Hbond substituents is 1. The summed E-state index contributed by atoms with van der Waals surface area (Å²) in [6, 6.07) is 5.70. The number of aliphatic imine (C=N–C) groups is 1. The summed E-state index contributed by atoms with van der Waals surface area (Å²) in [4.78, 5) is 4.32. The topological polar surface area (TPSA) is 79.9 Å². The van der Waals surface area contributed by atoms with Gasteiger partial charge in [-0.05, 0) is 30.5 Å². The van der Waals surface area contributed by atoms with E-state index >= 15 is 0 Å². The monoisotopic (exact) mass is 277 g/mol. The fourth-order valence-electron chi connectivity index (χ4n) is 2.51. The van der Waals surface area contributed by atoms with Crippen LogP contribution in [0, 0.1) is 0 Å². The fourth-order valence-corrected chi connectivity index (χ4v) is 2.51. The van der Waals surface area contributed by atoms with E-state index in [0.29, 0.717) is 24.3 Å². The van der Waals surface area contributed by atoms with Crippen molar-refractivity contribution in [2.75, 3.05) is 7.11 Å². The molecule has 0 amide bonds. The molecule has 0 radical (unpaired) electrons. The summed E-state index contributed by atoms with van der Waals surface area (Å²) >= 11 is 0. The summed E-state index contributed by atoms with van der Waals surface area (Å²) in [6.07, 6.45) is 6.17. The Morgan fingerprint density at radius 3 is 2.80 bits per heavy atom. The molecular weight excluding hydrogens is 254 g/mol. The number of aromatic hydroxyl groups is 1. The van der Waals surface area contributed by atoms with Crippen LogP contribution < -0.4 is 15.8 Å². The van der Waals surface area contributed by atoms with Crippen LogP contribution in [0.3, 0.4) is 0 Å². The lowest BCUT2D eigenvalue weighted by Crippen LogP contribution is -2.41. The normalized spacial score (nSPS) is 16.9. The van der Waals surface area contributed by atoms with Crippen molar-refractivity contribution < 1.29 is 9.84 Å². The molecule has 0 atom stereocenters. The molecular formula is C15H23N3O2. The zero-order valence-electron chi connectivity index (χ0n) is 11.9. The number of nitrogens with one attached hydrogen (secondary N) is 1. The Hall–Kier alpha value is -1.91. The van der Waals surface area contributed by atoms with Crippen LogP contribution in [0.25, 0.3) is 0 Å². The molecule has 20 heavy (non-hydrogen) atoms. The highest BCUT2D eigenvalue weighted by molar-refractivity contribution is 5.78. The van der Waals surface area contributed by atoms with Gasteiger partial charge in [-0.15, -0.1) is 0 Å². The van der Waals surface area contributed by atoms with Crippen molar-refractivity contribution in [1.82, 2.24) is 5.32 Å². The number of ether oxygens (including phenoxy) is 1. The molecule has 5 heteroatoms. The largest absolute Gasteiger partial charge is 0.504 e. The Bertz CT molecular complexity index is 468. The zero-order chi connectivity index (χ0) is 14.4. The first-order valence-electron chi connectivity index (χ1n) is 7.11. The van der Waals surface area contributed by atoms with Gasteiger partial charge in [-0.25, -0.2) is 4.99 Å². The lowest BCUT2D eigenvalue weighted by atomic mass is 9.96. The quantitative estimate of drug-likeness (QED) is 0.582. The molecule has 2 rings (SSSR count). The smallest absolute Gasteiger partial charge is 0.189 e. The molecule has 110 valence electrons. The summed E-state index contributed by atoms with van der Waals surface area (Å²) in [6.45, 7) is 0.448. The summed E-state index contributed by atoms with van der Waals surface area (Å²) in [7, 11) is 1.53. The molecule has 4 N–H and O–H groups in total. The van der Waals surface area contributed by atoms with Crippen LogP contribution in [0.15, 0.2) is 23.2 Å². The molecule has 0 spiro atoms. The number of hydrogen-bond donors (Lipinski definition) is 3. The van der Waals surface area contributed by atoms with Crippen LogP contribution in [0.2, 0.25) is 0 Å². The van der Waals surface area contributed by atoms with Crippen molar-refractivity contribution in [3.05, 3.63) is 23.8 Å². The first-order chi connectivity index (χ1) is 9.69. The minimum Gasteiger partial charge on any atom is -0.504 e. The maximum atomic E-state index is 9.70. The number of phenols is 1. The van der Waals surface area contributed by atoms with Gasteiger partial charge < -0.3 is 20.9 Å². The van der Waals surface area contributed by atoms with Crippen LogP contribution in [0.1, 0.15) is 37.7 Å². The first kappa shape index (κ1) is 14.5. The number of rotatable bonds is 4. The number of hydrogen-bond acceptors (Lipinski definition) is 3. The predicted molar refractivity (Wildman–Crippen MR) is 80.0 cm³/mol. The molecule has 1 saturated carbocycles. The molecule has 0 unspecified atom stereocenters. The highest BCUT2D eigenvalue weighted by atomic mass is 16.5. The molecule has 0 aliphatic heterocycles. The lowest BCUT2D eigenvalue weighted by Gasteiger charge is -2.23. The van der Waals surface area contributed by atoms with Crippen LogP contribution >= 0.6 is 0 Å². The van der Waals surface area contributed by atoms with Gasteiger partial charge in [-0.1, -0.05) is 25.3 Å². The second-order valence-electron chi connectivity index (χ2n) is 5.19. The summed E-state index contributed by atoms with van der Waals surface area (Å²) in [5, 5.41) is 13.0. The van der Waals surface area contributed by atoms with E-state index in [0.717, 1.165) is 5.56 Å². The average molecular weight is 277 g/mol. The van der Waals surface area contributed by atoms with Gasteiger partial charge in [0, 0.05) is 6.04 Å². The van der Waals surface area contributed by atoms with E-state index in [1.54, 1.807) is 12.1 Å². The maximum Gasteiger partial charge on any atom is 0.189 e. The number of nitrogens with zero attached hydrogens (tertiary/aromatic N) is 1. The third kappa shape index (κ3) is 4.05.